The third-order valence-corrected chi connectivity index (χ3v) is 1.92. The molecule has 0 aliphatic heterocycles. The van der Waals surface area contributed by atoms with Gasteiger partial charge in [0.1, 0.15) is 5.75 Å². The predicted molar refractivity (Wildman–Crippen MR) is 57.8 cm³/mol. The Kier molecular flexibility index (Phi) is 3.92. The second-order valence-corrected chi connectivity index (χ2v) is 3.23. The standard InChI is InChI=1S/C12H14O3/c1-3-5-10-6-4-7-11(8-10)15-9(2)12(13)14/h4,6-8H,2-3,5H2,1H3,(H,13,14). The van der Waals surface area contributed by atoms with E-state index in [2.05, 4.69) is 13.5 Å². The van der Waals surface area contributed by atoms with Crippen LogP contribution in [-0.4, -0.2) is 11.1 Å². The lowest BCUT2D eigenvalue weighted by Crippen LogP contribution is -2.05. The first-order valence-electron chi connectivity index (χ1n) is 4.82. The van der Waals surface area contributed by atoms with Crippen LogP contribution in [0.1, 0.15) is 18.9 Å². The summed E-state index contributed by atoms with van der Waals surface area (Å²) < 4.78 is 5.07. The molecule has 1 N–H and O–H groups in total. The highest BCUT2D eigenvalue weighted by atomic mass is 16.5. The van der Waals surface area contributed by atoms with Crippen LogP contribution in [0, 0.1) is 0 Å². The molecule has 0 fully saturated rings. The van der Waals surface area contributed by atoms with Crippen LogP contribution in [0.3, 0.4) is 0 Å². The molecule has 1 aromatic rings. The minimum atomic E-state index is -1.14. The molecule has 0 saturated carbocycles. The molecule has 0 atom stereocenters. The third kappa shape index (κ3) is 3.46. The molecule has 0 unspecified atom stereocenters. The average Bonchev–Trinajstić information content (AvgIpc) is 2.18. The second kappa shape index (κ2) is 5.20. The minimum Gasteiger partial charge on any atom is -0.475 e. The number of hydrogen-bond donors (Lipinski definition) is 1. The Morgan fingerprint density at radius 2 is 2.27 bits per heavy atom. The van der Waals surface area contributed by atoms with Crippen LogP contribution in [-0.2, 0) is 11.2 Å². The number of aliphatic carboxylic acids is 1. The molecule has 80 valence electrons. The second-order valence-electron chi connectivity index (χ2n) is 3.23. The van der Waals surface area contributed by atoms with E-state index in [9.17, 15) is 4.79 Å². The van der Waals surface area contributed by atoms with Gasteiger partial charge in [0.25, 0.3) is 0 Å². The van der Waals surface area contributed by atoms with E-state index in [4.69, 9.17) is 9.84 Å². The molecule has 0 spiro atoms. The maximum atomic E-state index is 10.5. The van der Waals surface area contributed by atoms with Gasteiger partial charge in [0.2, 0.25) is 5.76 Å². The number of rotatable bonds is 5. The summed E-state index contributed by atoms with van der Waals surface area (Å²) in [6.07, 6.45) is 2.00. The van der Waals surface area contributed by atoms with E-state index in [-0.39, 0.29) is 5.76 Å². The summed E-state index contributed by atoms with van der Waals surface area (Å²) in [5, 5.41) is 8.59. The zero-order chi connectivity index (χ0) is 11.3. The van der Waals surface area contributed by atoms with Gasteiger partial charge < -0.3 is 9.84 Å². The van der Waals surface area contributed by atoms with Crippen molar-refractivity contribution in [3.05, 3.63) is 42.2 Å². The normalized spacial score (nSPS) is 9.67. The molecule has 15 heavy (non-hydrogen) atoms. The Bertz CT molecular complexity index is 369. The van der Waals surface area contributed by atoms with Crippen molar-refractivity contribution in [2.45, 2.75) is 19.8 Å². The first-order chi connectivity index (χ1) is 7.13. The summed E-state index contributed by atoms with van der Waals surface area (Å²) in [6, 6.07) is 7.38. The molecule has 0 heterocycles. The van der Waals surface area contributed by atoms with Crippen LogP contribution < -0.4 is 4.74 Å². The number of carboxylic acid groups (broad SMARTS) is 1. The monoisotopic (exact) mass is 206 g/mol. The van der Waals surface area contributed by atoms with Gasteiger partial charge in [-0.25, -0.2) is 4.79 Å². The van der Waals surface area contributed by atoms with Gasteiger partial charge in [-0.15, -0.1) is 0 Å². The van der Waals surface area contributed by atoms with E-state index >= 15 is 0 Å². The van der Waals surface area contributed by atoms with Crippen molar-refractivity contribution < 1.29 is 14.6 Å². The molecule has 0 saturated heterocycles. The Labute approximate surface area is 89.0 Å². The Hall–Kier alpha value is -1.77. The summed E-state index contributed by atoms with van der Waals surface area (Å²) in [5.74, 6) is -0.882. The van der Waals surface area contributed by atoms with E-state index in [1.54, 1.807) is 6.07 Å². The lowest BCUT2D eigenvalue weighted by molar-refractivity contribution is -0.135. The summed E-state index contributed by atoms with van der Waals surface area (Å²) in [7, 11) is 0. The van der Waals surface area contributed by atoms with Crippen LogP contribution in [0.2, 0.25) is 0 Å². The minimum absolute atomic E-state index is 0.261. The number of benzene rings is 1. The van der Waals surface area contributed by atoms with Gasteiger partial charge >= 0.3 is 5.97 Å². The summed E-state index contributed by atoms with van der Waals surface area (Å²) in [5.41, 5.74) is 1.13. The van der Waals surface area contributed by atoms with Gasteiger partial charge in [-0.05, 0) is 30.7 Å². The summed E-state index contributed by atoms with van der Waals surface area (Å²) in [4.78, 5) is 10.5. The fourth-order valence-electron chi connectivity index (χ4n) is 1.24. The quantitative estimate of drug-likeness (QED) is 0.595. The van der Waals surface area contributed by atoms with Crippen LogP contribution >= 0.6 is 0 Å². The van der Waals surface area contributed by atoms with Gasteiger partial charge in [-0.3, -0.25) is 0 Å². The molecule has 3 nitrogen and oxygen atoms in total. The van der Waals surface area contributed by atoms with E-state index in [1.807, 2.05) is 18.2 Å². The third-order valence-electron chi connectivity index (χ3n) is 1.92. The van der Waals surface area contributed by atoms with Crippen molar-refractivity contribution in [2.75, 3.05) is 0 Å². The largest absolute Gasteiger partial charge is 0.475 e. The molecule has 0 radical (unpaired) electrons. The number of carboxylic acids is 1. The van der Waals surface area contributed by atoms with Crippen molar-refractivity contribution in [3.63, 3.8) is 0 Å². The SMILES string of the molecule is C=C(Oc1cccc(CCC)c1)C(=O)O. The first kappa shape index (κ1) is 11.3. The molecular weight excluding hydrogens is 192 g/mol. The average molecular weight is 206 g/mol. The van der Waals surface area contributed by atoms with E-state index in [0.29, 0.717) is 5.75 Å². The smallest absolute Gasteiger partial charge is 0.371 e. The number of ether oxygens (including phenoxy) is 1. The summed E-state index contributed by atoms with van der Waals surface area (Å²) >= 11 is 0. The highest BCUT2D eigenvalue weighted by Crippen LogP contribution is 2.16. The zero-order valence-electron chi connectivity index (χ0n) is 8.69. The first-order valence-corrected chi connectivity index (χ1v) is 4.82. The molecule has 1 rings (SSSR count). The molecule has 0 aliphatic rings. The molecule has 1 aromatic carbocycles. The fraction of sp³-hybridized carbons (Fsp3) is 0.250. The molecule has 0 amide bonds. The number of aryl methyl sites for hydroxylation is 1. The van der Waals surface area contributed by atoms with Crippen LogP contribution in [0.5, 0.6) is 5.75 Å². The molecule has 0 aliphatic carbocycles. The lowest BCUT2D eigenvalue weighted by atomic mass is 10.1. The zero-order valence-corrected chi connectivity index (χ0v) is 8.69. The van der Waals surface area contributed by atoms with Crippen LogP contribution in [0.15, 0.2) is 36.6 Å². The highest BCUT2D eigenvalue weighted by Gasteiger charge is 2.06. The van der Waals surface area contributed by atoms with Crippen molar-refractivity contribution >= 4 is 5.97 Å². The topological polar surface area (TPSA) is 46.5 Å². The summed E-state index contributed by atoms with van der Waals surface area (Å²) in [6.45, 7) is 5.39. The van der Waals surface area contributed by atoms with Gasteiger partial charge in [-0.1, -0.05) is 25.5 Å². The Balaban J connectivity index is 2.73. The number of carbonyl (C=O) groups is 1. The van der Waals surface area contributed by atoms with Gasteiger partial charge in [0.05, 0.1) is 0 Å². The van der Waals surface area contributed by atoms with Gasteiger partial charge in [-0.2, -0.15) is 0 Å². The van der Waals surface area contributed by atoms with E-state index < -0.39 is 5.97 Å². The fourth-order valence-corrected chi connectivity index (χ4v) is 1.24. The van der Waals surface area contributed by atoms with Crippen molar-refractivity contribution in [1.82, 2.24) is 0 Å². The maximum Gasteiger partial charge on any atom is 0.371 e. The van der Waals surface area contributed by atoms with Crippen LogP contribution in [0.25, 0.3) is 0 Å². The van der Waals surface area contributed by atoms with E-state index in [0.717, 1.165) is 18.4 Å². The van der Waals surface area contributed by atoms with Crippen molar-refractivity contribution in [3.8, 4) is 5.75 Å². The molecule has 0 bridgehead atoms. The Morgan fingerprint density at radius 3 is 2.87 bits per heavy atom. The van der Waals surface area contributed by atoms with Crippen LogP contribution in [0.4, 0.5) is 0 Å². The highest BCUT2D eigenvalue weighted by molar-refractivity contribution is 5.83. The number of hydrogen-bond acceptors (Lipinski definition) is 2. The van der Waals surface area contributed by atoms with Gasteiger partial charge in [0.15, 0.2) is 0 Å². The molecule has 0 aromatic heterocycles. The van der Waals surface area contributed by atoms with Gasteiger partial charge in [0, 0.05) is 0 Å². The molecule has 3 heteroatoms. The predicted octanol–water partition coefficient (Wildman–Crippen LogP) is 2.62. The van der Waals surface area contributed by atoms with Crippen molar-refractivity contribution in [2.24, 2.45) is 0 Å². The van der Waals surface area contributed by atoms with Crippen molar-refractivity contribution in [1.29, 1.82) is 0 Å². The Morgan fingerprint density at radius 1 is 1.53 bits per heavy atom. The van der Waals surface area contributed by atoms with E-state index in [1.165, 1.54) is 0 Å². The maximum absolute atomic E-state index is 10.5. The molecular formula is C12H14O3. The lowest BCUT2D eigenvalue weighted by Gasteiger charge is -2.06.